The molecule has 1 amide bonds. The third kappa shape index (κ3) is 7.17. The lowest BCUT2D eigenvalue weighted by atomic mass is 10.0. The summed E-state index contributed by atoms with van der Waals surface area (Å²) in [6, 6.07) is 11.9. The number of benzene rings is 2. The highest BCUT2D eigenvalue weighted by atomic mass is 32.1. The molecule has 4 aromatic rings. The largest absolute Gasteiger partial charge is 0.348 e. The van der Waals surface area contributed by atoms with E-state index >= 15 is 0 Å². The molecule has 0 unspecified atom stereocenters. The Morgan fingerprint density at radius 2 is 1.84 bits per heavy atom. The first-order chi connectivity index (χ1) is 18.5. The molecule has 38 heavy (non-hydrogen) atoms. The molecule has 1 aliphatic rings. The van der Waals surface area contributed by atoms with Crippen LogP contribution < -0.4 is 5.32 Å². The van der Waals surface area contributed by atoms with Crippen LogP contribution in [0.2, 0.25) is 0 Å². The van der Waals surface area contributed by atoms with Crippen molar-refractivity contribution in [2.75, 3.05) is 0 Å². The number of ketones is 1. The van der Waals surface area contributed by atoms with Crippen LogP contribution in [0.4, 0.5) is 0 Å². The maximum atomic E-state index is 11.7. The number of fused-ring (bicyclic) bond motifs is 1. The van der Waals surface area contributed by atoms with Gasteiger partial charge in [-0.2, -0.15) is 0 Å². The summed E-state index contributed by atoms with van der Waals surface area (Å²) < 4.78 is 3.44. The quantitative estimate of drug-likeness (QED) is 0.119. The number of carbonyl (C=O) groups is 3. The van der Waals surface area contributed by atoms with E-state index in [1.54, 1.807) is 30.4 Å². The second-order valence-electron chi connectivity index (χ2n) is 8.33. The zero-order valence-electron chi connectivity index (χ0n) is 23.0. The number of hydrogen-bond acceptors (Lipinski definition) is 4. The molecule has 0 radical (unpaired) electrons. The lowest BCUT2D eigenvalue weighted by molar-refractivity contribution is -0.104. The topological polar surface area (TPSA) is 68.2 Å². The molecule has 2 aromatic heterocycles. The van der Waals surface area contributed by atoms with Gasteiger partial charge in [-0.3, -0.25) is 14.4 Å². The van der Waals surface area contributed by atoms with E-state index in [9.17, 15) is 14.4 Å². The van der Waals surface area contributed by atoms with Gasteiger partial charge >= 0.3 is 0 Å². The standard InChI is InChI=1S/C15H19NO.C10H7NOS.C5H6O.C2H6/c1-4-7-12-10-16(5-2)14-9-6-8-13(11(3)17)15(12)14;12-10-7-2-1-3-8-9(7)6(4-11-10)5-13-8;1-2-3-4-5-6;1-2/h6,8-10H,4-5,7H2,1-3H3;1-3,5H,4H2,(H,11,12);2-5H,1H2;1-2H3/b;;4-3+;. The first-order valence-corrected chi connectivity index (χ1v) is 14.0. The first kappa shape index (κ1) is 30.5. The van der Waals surface area contributed by atoms with Crippen molar-refractivity contribution in [3.05, 3.63) is 95.0 Å². The molecule has 2 aromatic carbocycles. The fraction of sp³-hybridized carbons (Fsp3) is 0.281. The van der Waals surface area contributed by atoms with E-state index in [0.29, 0.717) is 12.8 Å². The third-order valence-corrected chi connectivity index (χ3v) is 6.91. The Kier molecular flexibility index (Phi) is 12.4. The summed E-state index contributed by atoms with van der Waals surface area (Å²) in [5.74, 6) is 0.207. The molecule has 1 N–H and O–H groups in total. The molecule has 0 saturated carbocycles. The van der Waals surface area contributed by atoms with E-state index in [2.05, 4.69) is 54.0 Å². The molecule has 0 fully saturated rings. The van der Waals surface area contributed by atoms with Crippen molar-refractivity contribution in [1.82, 2.24) is 9.88 Å². The molecule has 1 aliphatic heterocycles. The number of aldehydes is 1. The van der Waals surface area contributed by atoms with Gasteiger partial charge < -0.3 is 9.88 Å². The zero-order valence-corrected chi connectivity index (χ0v) is 23.9. The lowest BCUT2D eigenvalue weighted by Gasteiger charge is -2.12. The van der Waals surface area contributed by atoms with Gasteiger partial charge in [0.15, 0.2) is 5.78 Å². The van der Waals surface area contributed by atoms with Crippen molar-refractivity contribution in [3.8, 4) is 0 Å². The average Bonchev–Trinajstić information content (AvgIpc) is 3.53. The maximum absolute atomic E-state index is 11.7. The van der Waals surface area contributed by atoms with Crippen LogP contribution in [0.1, 0.15) is 72.9 Å². The Morgan fingerprint density at radius 1 is 1.11 bits per heavy atom. The number of rotatable bonds is 6. The summed E-state index contributed by atoms with van der Waals surface area (Å²) in [4.78, 5) is 32.6. The van der Waals surface area contributed by atoms with Crippen LogP contribution in [-0.2, 0) is 24.3 Å². The second kappa shape index (κ2) is 15.5. The minimum Gasteiger partial charge on any atom is -0.348 e. The van der Waals surface area contributed by atoms with Gasteiger partial charge in [-0.25, -0.2) is 0 Å². The van der Waals surface area contributed by atoms with E-state index in [-0.39, 0.29) is 11.7 Å². The summed E-state index contributed by atoms with van der Waals surface area (Å²) in [6.07, 6.45) is 9.56. The third-order valence-electron chi connectivity index (χ3n) is 5.91. The number of nitrogens with zero attached hydrogens (tertiary/aromatic N) is 1. The molecule has 200 valence electrons. The van der Waals surface area contributed by atoms with Gasteiger partial charge in [0.2, 0.25) is 0 Å². The summed E-state index contributed by atoms with van der Waals surface area (Å²) >= 11 is 1.70. The van der Waals surface area contributed by atoms with Crippen molar-refractivity contribution >= 4 is 50.3 Å². The number of aryl methyl sites for hydroxylation is 2. The Bertz CT molecular complexity index is 1420. The second-order valence-corrected chi connectivity index (χ2v) is 9.24. The normalized spacial score (nSPS) is 11.4. The average molecular weight is 531 g/mol. The van der Waals surface area contributed by atoms with Crippen molar-refractivity contribution in [2.24, 2.45) is 0 Å². The molecule has 0 aliphatic carbocycles. The van der Waals surface area contributed by atoms with Crippen molar-refractivity contribution in [1.29, 1.82) is 0 Å². The van der Waals surface area contributed by atoms with E-state index in [4.69, 9.17) is 0 Å². The van der Waals surface area contributed by atoms with Gasteiger partial charge in [-0.15, -0.1) is 11.3 Å². The molecule has 5 rings (SSSR count). The molecule has 0 atom stereocenters. The van der Waals surface area contributed by atoms with Gasteiger partial charge in [0.25, 0.3) is 5.91 Å². The Labute approximate surface area is 229 Å². The SMILES string of the molecule is C=C/C=C/C=O.CC.CCCc1cn(CC)c2cccc(C(C)=O)c12.O=C1NCc2csc3cccc1c23. The van der Waals surface area contributed by atoms with Crippen LogP contribution in [0.5, 0.6) is 0 Å². The lowest BCUT2D eigenvalue weighted by Crippen LogP contribution is -2.26. The minimum atomic E-state index is 0.0523. The van der Waals surface area contributed by atoms with Crippen LogP contribution in [-0.4, -0.2) is 22.5 Å². The van der Waals surface area contributed by atoms with Gasteiger partial charge in [0.1, 0.15) is 6.29 Å². The monoisotopic (exact) mass is 530 g/mol. The molecule has 5 nitrogen and oxygen atoms in total. The molecule has 6 heteroatoms. The Hall–Kier alpha value is -3.77. The van der Waals surface area contributed by atoms with Crippen LogP contribution in [0.3, 0.4) is 0 Å². The van der Waals surface area contributed by atoms with Crippen LogP contribution in [0.25, 0.3) is 21.0 Å². The highest BCUT2D eigenvalue weighted by molar-refractivity contribution is 7.17. The fourth-order valence-electron chi connectivity index (χ4n) is 4.32. The number of amides is 1. The number of nitrogens with one attached hydrogen (secondary N) is 1. The summed E-state index contributed by atoms with van der Waals surface area (Å²) in [7, 11) is 0. The van der Waals surface area contributed by atoms with Crippen LogP contribution >= 0.6 is 11.3 Å². The van der Waals surface area contributed by atoms with E-state index in [1.807, 2.05) is 38.1 Å². The fourth-order valence-corrected chi connectivity index (χ4v) is 5.31. The van der Waals surface area contributed by atoms with Crippen molar-refractivity contribution < 1.29 is 14.4 Å². The minimum absolute atomic E-state index is 0.0523. The van der Waals surface area contributed by atoms with E-state index in [1.165, 1.54) is 27.4 Å². The molecule has 0 bridgehead atoms. The van der Waals surface area contributed by atoms with Crippen molar-refractivity contribution in [2.45, 2.75) is 60.5 Å². The predicted octanol–water partition coefficient (Wildman–Crippen LogP) is 7.91. The molecular formula is C32H38N2O3S. The maximum Gasteiger partial charge on any atom is 0.252 e. The van der Waals surface area contributed by atoms with Crippen molar-refractivity contribution in [3.63, 3.8) is 0 Å². The van der Waals surface area contributed by atoms with Gasteiger partial charge in [-0.05, 0) is 61.1 Å². The van der Waals surface area contributed by atoms with Gasteiger partial charge in [-0.1, -0.05) is 64.1 Å². The first-order valence-electron chi connectivity index (χ1n) is 13.1. The number of thiophene rings is 1. The summed E-state index contributed by atoms with van der Waals surface area (Å²) in [5, 5.41) is 7.28. The number of hydrogen-bond donors (Lipinski definition) is 1. The molecule has 0 saturated heterocycles. The molecule has 3 heterocycles. The van der Waals surface area contributed by atoms with Crippen LogP contribution in [0, 0.1) is 0 Å². The summed E-state index contributed by atoms with van der Waals surface area (Å²) in [6.45, 7) is 14.9. The number of carbonyl (C=O) groups excluding carboxylic acids is 3. The van der Waals surface area contributed by atoms with Gasteiger partial charge in [0, 0.05) is 51.4 Å². The highest BCUT2D eigenvalue weighted by Crippen LogP contribution is 2.31. The number of allylic oxidation sites excluding steroid dienone is 3. The Morgan fingerprint density at radius 3 is 2.45 bits per heavy atom. The Balaban J connectivity index is 0.000000213. The molecular weight excluding hydrogens is 492 g/mol. The van der Waals surface area contributed by atoms with E-state index in [0.717, 1.165) is 41.3 Å². The number of aromatic nitrogens is 1. The zero-order chi connectivity index (χ0) is 28.1. The van der Waals surface area contributed by atoms with E-state index < -0.39 is 0 Å². The summed E-state index contributed by atoms with van der Waals surface area (Å²) in [5.41, 5.74) is 5.41. The number of Topliss-reactive ketones (excluding diaryl/α,β-unsaturated/α-hetero) is 1. The highest BCUT2D eigenvalue weighted by Gasteiger charge is 2.19. The van der Waals surface area contributed by atoms with Gasteiger partial charge in [0.05, 0.1) is 0 Å². The van der Waals surface area contributed by atoms with Crippen LogP contribution in [0.15, 0.2) is 72.8 Å². The smallest absolute Gasteiger partial charge is 0.252 e. The predicted molar refractivity (Wildman–Crippen MR) is 161 cm³/mol. The molecule has 0 spiro atoms.